The van der Waals surface area contributed by atoms with Crippen molar-refractivity contribution in [1.29, 1.82) is 0 Å². The summed E-state index contributed by atoms with van der Waals surface area (Å²) in [6.07, 6.45) is 0.975. The van der Waals surface area contributed by atoms with Crippen LogP contribution in [0.4, 0.5) is 0 Å². The second kappa shape index (κ2) is 5.56. The van der Waals surface area contributed by atoms with E-state index in [1.807, 2.05) is 20.8 Å². The van der Waals surface area contributed by atoms with Gasteiger partial charge in [0.05, 0.1) is 0 Å². The summed E-state index contributed by atoms with van der Waals surface area (Å²) in [6.45, 7) is 5.71. The Morgan fingerprint density at radius 2 is 1.92 bits per heavy atom. The van der Waals surface area contributed by atoms with E-state index < -0.39 is 11.9 Å². The summed E-state index contributed by atoms with van der Waals surface area (Å²) < 4.78 is 0. The number of nitrogens with one attached hydrogen (secondary N) is 1. The molecule has 0 heterocycles. The summed E-state index contributed by atoms with van der Waals surface area (Å²) in [5.74, 6) is -0.286. The number of hydrogen-bond acceptors (Lipinski definition) is 2. The van der Waals surface area contributed by atoms with Gasteiger partial charge >= 0.3 is 0 Å². The molecule has 0 rings (SSSR count). The summed E-state index contributed by atoms with van der Waals surface area (Å²) in [6, 6.07) is -0.522. The Bertz CT molecular complexity index is 190. The second-order valence-corrected chi connectivity index (χ2v) is 3.53. The van der Waals surface area contributed by atoms with Crippen LogP contribution in [0.1, 0.15) is 33.6 Å². The van der Waals surface area contributed by atoms with E-state index in [4.69, 9.17) is 5.73 Å². The van der Waals surface area contributed by atoms with Gasteiger partial charge in [-0.2, -0.15) is 0 Å². The molecule has 0 aliphatic carbocycles. The molecule has 3 N–H and O–H groups in total. The van der Waals surface area contributed by atoms with Gasteiger partial charge in [0.15, 0.2) is 0 Å². The number of nitrogens with two attached hydrogens (primary N) is 1. The zero-order chi connectivity index (χ0) is 10.4. The normalized spacial score (nSPS) is 12.6. The van der Waals surface area contributed by atoms with Gasteiger partial charge in [0.2, 0.25) is 11.8 Å². The molecule has 0 unspecified atom stereocenters. The molecule has 1 atom stereocenters. The van der Waals surface area contributed by atoms with Crippen molar-refractivity contribution in [2.24, 2.45) is 11.7 Å². The fraction of sp³-hybridized carbons (Fsp3) is 0.778. The molecule has 0 bridgehead atoms. The van der Waals surface area contributed by atoms with Crippen molar-refractivity contribution in [3.63, 3.8) is 0 Å². The first-order valence-corrected chi connectivity index (χ1v) is 4.56. The van der Waals surface area contributed by atoms with Gasteiger partial charge in [0.1, 0.15) is 6.04 Å². The molecule has 0 saturated carbocycles. The smallest absolute Gasteiger partial charge is 0.239 e. The first-order chi connectivity index (χ1) is 5.97. The molecule has 76 valence electrons. The van der Waals surface area contributed by atoms with Crippen LogP contribution in [-0.2, 0) is 9.59 Å². The van der Waals surface area contributed by atoms with Crippen LogP contribution in [0.2, 0.25) is 0 Å². The lowest BCUT2D eigenvalue weighted by molar-refractivity contribution is -0.127. The SMILES string of the molecule is CC[C@H](NC(=O)CC(C)C)C(N)=O. The predicted octanol–water partition coefficient (Wildman–Crippen LogP) is 0.413. The van der Waals surface area contributed by atoms with Gasteiger partial charge in [-0.25, -0.2) is 0 Å². The fourth-order valence-corrected chi connectivity index (χ4v) is 0.998. The van der Waals surface area contributed by atoms with E-state index in [2.05, 4.69) is 5.32 Å². The summed E-state index contributed by atoms with van der Waals surface area (Å²) in [5.41, 5.74) is 5.07. The summed E-state index contributed by atoms with van der Waals surface area (Å²) in [5, 5.41) is 2.58. The van der Waals surface area contributed by atoms with Crippen molar-refractivity contribution in [2.75, 3.05) is 0 Å². The monoisotopic (exact) mass is 186 g/mol. The van der Waals surface area contributed by atoms with Crippen LogP contribution in [0.5, 0.6) is 0 Å². The van der Waals surface area contributed by atoms with Crippen LogP contribution in [0, 0.1) is 5.92 Å². The molecule has 0 radical (unpaired) electrons. The third-order valence-electron chi connectivity index (χ3n) is 1.68. The Morgan fingerprint density at radius 1 is 1.38 bits per heavy atom. The Morgan fingerprint density at radius 3 is 2.23 bits per heavy atom. The molecule has 0 aliphatic heterocycles. The minimum absolute atomic E-state index is 0.111. The molecule has 4 nitrogen and oxygen atoms in total. The highest BCUT2D eigenvalue weighted by atomic mass is 16.2. The number of rotatable bonds is 5. The van der Waals surface area contributed by atoms with Crippen molar-refractivity contribution < 1.29 is 9.59 Å². The van der Waals surface area contributed by atoms with Crippen molar-refractivity contribution in [3.05, 3.63) is 0 Å². The molecule has 13 heavy (non-hydrogen) atoms. The van der Waals surface area contributed by atoms with Crippen molar-refractivity contribution >= 4 is 11.8 Å². The standard InChI is InChI=1S/C9H18N2O2/c1-4-7(9(10)13)11-8(12)5-6(2)3/h6-7H,4-5H2,1-3H3,(H2,10,13)(H,11,12)/t7-/m0/s1. The Balaban J connectivity index is 3.94. The van der Waals surface area contributed by atoms with Crippen LogP contribution in [0.15, 0.2) is 0 Å². The van der Waals surface area contributed by atoms with Gasteiger partial charge in [-0.05, 0) is 12.3 Å². The zero-order valence-corrected chi connectivity index (χ0v) is 8.46. The third kappa shape index (κ3) is 5.22. The molecule has 0 spiro atoms. The molecule has 0 saturated heterocycles. The fourth-order valence-electron chi connectivity index (χ4n) is 0.998. The molecular formula is C9H18N2O2. The highest BCUT2D eigenvalue weighted by molar-refractivity contribution is 5.86. The number of hydrogen-bond donors (Lipinski definition) is 2. The van der Waals surface area contributed by atoms with Crippen LogP contribution >= 0.6 is 0 Å². The van der Waals surface area contributed by atoms with E-state index in [1.165, 1.54) is 0 Å². The number of carbonyl (C=O) groups is 2. The molecular weight excluding hydrogens is 168 g/mol. The predicted molar refractivity (Wildman–Crippen MR) is 50.9 cm³/mol. The van der Waals surface area contributed by atoms with Crippen molar-refractivity contribution in [3.8, 4) is 0 Å². The lowest BCUT2D eigenvalue weighted by Gasteiger charge is -2.13. The van der Waals surface area contributed by atoms with Gasteiger partial charge in [-0.3, -0.25) is 9.59 Å². The Hall–Kier alpha value is -1.06. The molecule has 0 aromatic rings. The van der Waals surface area contributed by atoms with Crippen LogP contribution < -0.4 is 11.1 Å². The van der Waals surface area contributed by atoms with Gasteiger partial charge in [-0.1, -0.05) is 20.8 Å². The lowest BCUT2D eigenvalue weighted by atomic mass is 10.1. The highest BCUT2D eigenvalue weighted by Crippen LogP contribution is 1.99. The van der Waals surface area contributed by atoms with Gasteiger partial charge in [0.25, 0.3) is 0 Å². The first-order valence-electron chi connectivity index (χ1n) is 4.56. The maximum absolute atomic E-state index is 11.2. The molecule has 2 amide bonds. The van der Waals surface area contributed by atoms with E-state index in [1.54, 1.807) is 0 Å². The largest absolute Gasteiger partial charge is 0.368 e. The van der Waals surface area contributed by atoms with E-state index in [0.717, 1.165) is 0 Å². The van der Waals surface area contributed by atoms with Gasteiger partial charge < -0.3 is 11.1 Å². The van der Waals surface area contributed by atoms with Gasteiger partial charge in [-0.15, -0.1) is 0 Å². The summed E-state index contributed by atoms with van der Waals surface area (Å²) in [7, 11) is 0. The van der Waals surface area contributed by atoms with E-state index in [0.29, 0.717) is 18.8 Å². The average molecular weight is 186 g/mol. The maximum Gasteiger partial charge on any atom is 0.239 e. The Labute approximate surface area is 78.9 Å². The number of amides is 2. The second-order valence-electron chi connectivity index (χ2n) is 3.53. The van der Waals surface area contributed by atoms with Crippen LogP contribution in [-0.4, -0.2) is 17.9 Å². The Kier molecular flexibility index (Phi) is 5.11. The minimum atomic E-state index is -0.522. The van der Waals surface area contributed by atoms with Crippen LogP contribution in [0.25, 0.3) is 0 Å². The van der Waals surface area contributed by atoms with E-state index >= 15 is 0 Å². The number of primary amides is 1. The molecule has 0 aromatic carbocycles. The molecule has 4 heteroatoms. The zero-order valence-electron chi connectivity index (χ0n) is 8.46. The average Bonchev–Trinajstić information content (AvgIpc) is 1.98. The maximum atomic E-state index is 11.2. The lowest BCUT2D eigenvalue weighted by Crippen LogP contribution is -2.44. The summed E-state index contributed by atoms with van der Waals surface area (Å²) in [4.78, 5) is 22.0. The third-order valence-corrected chi connectivity index (χ3v) is 1.68. The minimum Gasteiger partial charge on any atom is -0.368 e. The quantitative estimate of drug-likeness (QED) is 0.652. The van der Waals surface area contributed by atoms with E-state index in [-0.39, 0.29) is 5.91 Å². The molecule has 0 fully saturated rings. The summed E-state index contributed by atoms with van der Waals surface area (Å²) >= 11 is 0. The van der Waals surface area contributed by atoms with Crippen LogP contribution in [0.3, 0.4) is 0 Å². The van der Waals surface area contributed by atoms with Crippen molar-refractivity contribution in [1.82, 2.24) is 5.32 Å². The first kappa shape index (κ1) is 11.9. The molecule has 0 aliphatic rings. The molecule has 0 aromatic heterocycles. The highest BCUT2D eigenvalue weighted by Gasteiger charge is 2.15. The number of carbonyl (C=O) groups excluding carboxylic acids is 2. The van der Waals surface area contributed by atoms with E-state index in [9.17, 15) is 9.59 Å². The topological polar surface area (TPSA) is 72.2 Å². The van der Waals surface area contributed by atoms with Crippen molar-refractivity contribution in [2.45, 2.75) is 39.7 Å². The van der Waals surface area contributed by atoms with Gasteiger partial charge in [0, 0.05) is 6.42 Å².